The van der Waals surface area contributed by atoms with E-state index in [1.165, 1.54) is 6.20 Å². The van der Waals surface area contributed by atoms with Crippen molar-refractivity contribution in [2.24, 2.45) is 0 Å². The smallest absolute Gasteiger partial charge is 0.230 e. The molecule has 0 saturated carbocycles. The van der Waals surface area contributed by atoms with Crippen LogP contribution in [0, 0.1) is 0 Å². The van der Waals surface area contributed by atoms with E-state index in [4.69, 9.17) is 10.2 Å². The zero-order valence-corrected chi connectivity index (χ0v) is 10.7. The Kier molecular flexibility index (Phi) is 3.09. The quantitative estimate of drug-likeness (QED) is 0.764. The van der Waals surface area contributed by atoms with Crippen molar-refractivity contribution >= 4 is 28.4 Å². The molecular formula is C15H13N3O2. The van der Waals surface area contributed by atoms with Crippen molar-refractivity contribution < 1.29 is 9.21 Å². The van der Waals surface area contributed by atoms with Crippen LogP contribution in [0.2, 0.25) is 0 Å². The maximum absolute atomic E-state index is 12.0. The third-order valence-corrected chi connectivity index (χ3v) is 2.97. The third-order valence-electron chi connectivity index (χ3n) is 2.97. The van der Waals surface area contributed by atoms with Gasteiger partial charge in [0.1, 0.15) is 11.4 Å². The molecule has 0 aliphatic rings. The fourth-order valence-electron chi connectivity index (χ4n) is 2.01. The zero-order chi connectivity index (χ0) is 13.9. The monoisotopic (exact) mass is 267 g/mol. The number of rotatable bonds is 3. The number of hydrogen-bond acceptors (Lipinski definition) is 4. The Balaban J connectivity index is 1.74. The van der Waals surface area contributed by atoms with E-state index < -0.39 is 0 Å². The van der Waals surface area contributed by atoms with Crippen LogP contribution in [0.5, 0.6) is 0 Å². The van der Waals surface area contributed by atoms with Crippen LogP contribution in [0.3, 0.4) is 0 Å². The number of carbonyl (C=O) groups is 1. The second-order valence-corrected chi connectivity index (χ2v) is 4.46. The molecule has 3 aromatic rings. The molecule has 1 amide bonds. The first-order valence-electron chi connectivity index (χ1n) is 6.19. The molecule has 0 spiro atoms. The highest BCUT2D eigenvalue weighted by atomic mass is 16.3. The molecule has 3 rings (SSSR count). The van der Waals surface area contributed by atoms with Crippen LogP contribution in [0.25, 0.3) is 11.0 Å². The number of para-hydroxylation sites is 1. The number of fused-ring (bicyclic) bond motifs is 1. The van der Waals surface area contributed by atoms with E-state index in [0.29, 0.717) is 11.5 Å². The van der Waals surface area contributed by atoms with Crippen LogP contribution in [0.15, 0.2) is 53.3 Å². The summed E-state index contributed by atoms with van der Waals surface area (Å²) in [4.78, 5) is 16.0. The van der Waals surface area contributed by atoms with Crippen molar-refractivity contribution in [3.8, 4) is 0 Å². The van der Waals surface area contributed by atoms with Gasteiger partial charge in [0.15, 0.2) is 0 Å². The van der Waals surface area contributed by atoms with Crippen LogP contribution in [0.1, 0.15) is 5.56 Å². The Morgan fingerprint density at radius 2 is 2.10 bits per heavy atom. The Morgan fingerprint density at radius 3 is 2.90 bits per heavy atom. The molecule has 5 nitrogen and oxygen atoms in total. The number of furan rings is 1. The number of benzene rings is 1. The lowest BCUT2D eigenvalue weighted by Gasteiger charge is -2.03. The molecule has 3 N–H and O–H groups in total. The maximum atomic E-state index is 12.0. The van der Waals surface area contributed by atoms with Gasteiger partial charge in [-0.2, -0.15) is 0 Å². The largest absolute Gasteiger partial charge is 0.464 e. The molecule has 0 unspecified atom stereocenters. The predicted octanol–water partition coefficient (Wildman–Crippen LogP) is 2.59. The van der Waals surface area contributed by atoms with E-state index in [-0.39, 0.29) is 12.3 Å². The lowest BCUT2D eigenvalue weighted by atomic mass is 10.1. The molecule has 0 bridgehead atoms. The van der Waals surface area contributed by atoms with Gasteiger partial charge in [0.05, 0.1) is 24.6 Å². The highest BCUT2D eigenvalue weighted by Gasteiger charge is 2.10. The van der Waals surface area contributed by atoms with Gasteiger partial charge < -0.3 is 15.5 Å². The van der Waals surface area contributed by atoms with Crippen molar-refractivity contribution in [3.63, 3.8) is 0 Å². The summed E-state index contributed by atoms with van der Waals surface area (Å²) in [6.07, 6.45) is 3.35. The molecule has 0 aliphatic carbocycles. The Hall–Kier alpha value is -2.82. The first-order chi connectivity index (χ1) is 9.72. The van der Waals surface area contributed by atoms with Gasteiger partial charge in [-0.1, -0.05) is 18.2 Å². The number of aromatic nitrogens is 1. The van der Waals surface area contributed by atoms with Crippen LogP contribution in [0.4, 0.5) is 11.5 Å². The van der Waals surface area contributed by atoms with E-state index >= 15 is 0 Å². The predicted molar refractivity (Wildman–Crippen MR) is 77.2 cm³/mol. The molecule has 1 aromatic carbocycles. The van der Waals surface area contributed by atoms with Crippen LogP contribution >= 0.6 is 0 Å². The fraction of sp³-hybridized carbons (Fsp3) is 0.0667. The second-order valence-electron chi connectivity index (χ2n) is 4.46. The number of nitrogens with one attached hydrogen (secondary N) is 1. The lowest BCUT2D eigenvalue weighted by Crippen LogP contribution is -2.15. The average Bonchev–Trinajstić information content (AvgIpc) is 2.85. The van der Waals surface area contributed by atoms with E-state index in [1.54, 1.807) is 18.4 Å². The van der Waals surface area contributed by atoms with Gasteiger partial charge in [-0.15, -0.1) is 0 Å². The molecule has 0 aliphatic heterocycles. The number of anilines is 2. The van der Waals surface area contributed by atoms with E-state index in [2.05, 4.69) is 10.3 Å². The molecule has 100 valence electrons. The molecule has 20 heavy (non-hydrogen) atoms. The second kappa shape index (κ2) is 5.05. The Morgan fingerprint density at radius 1 is 1.25 bits per heavy atom. The van der Waals surface area contributed by atoms with Crippen molar-refractivity contribution in [3.05, 3.63) is 54.4 Å². The van der Waals surface area contributed by atoms with E-state index in [1.807, 2.05) is 24.3 Å². The van der Waals surface area contributed by atoms with Gasteiger partial charge in [0.25, 0.3) is 0 Å². The molecule has 5 heteroatoms. The molecule has 0 saturated heterocycles. The van der Waals surface area contributed by atoms with Crippen molar-refractivity contribution in [1.82, 2.24) is 4.98 Å². The summed E-state index contributed by atoms with van der Waals surface area (Å²) < 4.78 is 5.40. The molecule has 0 atom stereocenters. The number of nitrogen functional groups attached to an aromatic ring is 1. The van der Waals surface area contributed by atoms with Crippen LogP contribution in [-0.4, -0.2) is 10.9 Å². The Labute approximate surface area is 115 Å². The minimum atomic E-state index is -0.145. The van der Waals surface area contributed by atoms with Gasteiger partial charge in [0, 0.05) is 10.9 Å². The SMILES string of the molecule is Nc1ccc(NC(=O)Cc2coc3ccccc23)nc1. The summed E-state index contributed by atoms with van der Waals surface area (Å²) in [6, 6.07) is 11.0. The van der Waals surface area contributed by atoms with Crippen molar-refractivity contribution in [1.29, 1.82) is 0 Å². The highest BCUT2D eigenvalue weighted by Crippen LogP contribution is 2.21. The molecule has 0 radical (unpaired) electrons. The van der Waals surface area contributed by atoms with E-state index in [9.17, 15) is 4.79 Å². The van der Waals surface area contributed by atoms with Crippen LogP contribution < -0.4 is 11.1 Å². The summed E-state index contributed by atoms with van der Waals surface area (Å²) in [7, 11) is 0. The maximum Gasteiger partial charge on any atom is 0.230 e. The van der Waals surface area contributed by atoms with Crippen LogP contribution in [-0.2, 0) is 11.2 Å². The topological polar surface area (TPSA) is 81.1 Å². The highest BCUT2D eigenvalue weighted by molar-refractivity contribution is 5.94. The normalized spacial score (nSPS) is 10.6. The number of hydrogen-bond donors (Lipinski definition) is 2. The van der Waals surface area contributed by atoms with Gasteiger partial charge >= 0.3 is 0 Å². The van der Waals surface area contributed by atoms with Gasteiger partial charge in [-0.3, -0.25) is 4.79 Å². The number of carbonyl (C=O) groups excluding carboxylic acids is 1. The van der Waals surface area contributed by atoms with Gasteiger partial charge in [-0.25, -0.2) is 4.98 Å². The first kappa shape index (κ1) is 12.2. The molecular weight excluding hydrogens is 254 g/mol. The lowest BCUT2D eigenvalue weighted by molar-refractivity contribution is -0.115. The summed E-state index contributed by atoms with van der Waals surface area (Å²) in [6.45, 7) is 0. The number of amides is 1. The molecule has 0 fully saturated rings. The number of nitrogens with zero attached hydrogens (tertiary/aromatic N) is 1. The fourth-order valence-corrected chi connectivity index (χ4v) is 2.01. The van der Waals surface area contributed by atoms with Crippen molar-refractivity contribution in [2.75, 3.05) is 11.1 Å². The number of pyridine rings is 1. The first-order valence-corrected chi connectivity index (χ1v) is 6.19. The Bertz CT molecular complexity index is 747. The third kappa shape index (κ3) is 2.47. The number of nitrogens with two attached hydrogens (primary N) is 1. The summed E-state index contributed by atoms with van der Waals surface area (Å²) in [5.74, 6) is 0.339. The minimum absolute atomic E-state index is 0.145. The summed E-state index contributed by atoms with van der Waals surface area (Å²) >= 11 is 0. The summed E-state index contributed by atoms with van der Waals surface area (Å²) in [5, 5.41) is 3.68. The summed E-state index contributed by atoms with van der Waals surface area (Å²) in [5.41, 5.74) is 7.73. The zero-order valence-electron chi connectivity index (χ0n) is 10.7. The minimum Gasteiger partial charge on any atom is -0.464 e. The average molecular weight is 267 g/mol. The van der Waals surface area contributed by atoms with Gasteiger partial charge in [0.2, 0.25) is 5.91 Å². The van der Waals surface area contributed by atoms with Gasteiger partial charge in [-0.05, 0) is 18.2 Å². The van der Waals surface area contributed by atoms with E-state index in [0.717, 1.165) is 16.5 Å². The molecule has 2 heterocycles. The molecule has 2 aromatic heterocycles. The van der Waals surface area contributed by atoms with Crippen molar-refractivity contribution in [2.45, 2.75) is 6.42 Å². The standard InChI is InChI=1S/C15H13N3O2/c16-11-5-6-14(17-8-11)18-15(19)7-10-9-20-13-4-2-1-3-12(10)13/h1-6,8-9H,7,16H2,(H,17,18,19).